The highest BCUT2D eigenvalue weighted by Gasteiger charge is 2.00. The average Bonchev–Trinajstić information content (AvgIpc) is 2.53. The molecule has 0 aromatic rings. The van der Waals surface area contributed by atoms with Gasteiger partial charge in [0.05, 0.1) is 14.2 Å². The molecular formula is C13H26N4O5. The number of unbranched alkanes of at least 4 members (excludes halogenated alkanes) is 2. The summed E-state index contributed by atoms with van der Waals surface area (Å²) < 4.78 is 8.85. The van der Waals surface area contributed by atoms with Gasteiger partial charge in [0.15, 0.2) is 0 Å². The van der Waals surface area contributed by atoms with Crippen LogP contribution in [0.15, 0.2) is 0 Å². The maximum absolute atomic E-state index is 11.4. The Balaban J connectivity index is 3.29. The molecule has 4 amide bonds. The van der Waals surface area contributed by atoms with Gasteiger partial charge in [-0.3, -0.25) is 0 Å². The molecule has 128 valence electrons. The van der Waals surface area contributed by atoms with E-state index in [0.717, 1.165) is 25.7 Å². The number of methoxy groups -OCH3 is 2. The van der Waals surface area contributed by atoms with E-state index in [9.17, 15) is 14.4 Å². The Bertz CT molecular complexity index is 308. The van der Waals surface area contributed by atoms with E-state index in [1.807, 2.05) is 0 Å². The molecule has 0 aliphatic rings. The summed E-state index contributed by atoms with van der Waals surface area (Å²) in [4.78, 5) is 32.9. The lowest BCUT2D eigenvalue weighted by molar-refractivity contribution is 0.170. The zero-order valence-corrected chi connectivity index (χ0v) is 13.2. The fraction of sp³-hybridized carbons (Fsp3) is 0.769. The summed E-state index contributed by atoms with van der Waals surface area (Å²) in [7, 11) is 2.62. The van der Waals surface area contributed by atoms with E-state index in [4.69, 9.17) is 0 Å². The highest BCUT2D eigenvalue weighted by molar-refractivity contribution is 5.73. The van der Waals surface area contributed by atoms with E-state index in [1.165, 1.54) is 14.2 Å². The zero-order valence-electron chi connectivity index (χ0n) is 13.2. The molecule has 0 saturated carbocycles. The topological polar surface area (TPSA) is 118 Å². The SMILES string of the molecule is COC(=O)NCCCCNC(=O)NCCCCNC(=O)OC. The normalized spacial score (nSPS) is 9.55. The molecule has 0 rings (SSSR count). The minimum atomic E-state index is -0.451. The first kappa shape index (κ1) is 19.8. The van der Waals surface area contributed by atoms with Gasteiger partial charge in [-0.05, 0) is 25.7 Å². The highest BCUT2D eigenvalue weighted by atomic mass is 16.5. The van der Waals surface area contributed by atoms with Gasteiger partial charge in [0.1, 0.15) is 0 Å². The summed E-state index contributed by atoms with van der Waals surface area (Å²) in [6.07, 6.45) is 2.14. The molecule has 9 nitrogen and oxygen atoms in total. The second kappa shape index (κ2) is 13.8. The fourth-order valence-electron chi connectivity index (χ4n) is 1.49. The maximum Gasteiger partial charge on any atom is 0.406 e. The molecule has 0 aromatic heterocycles. The Morgan fingerprint density at radius 2 is 0.955 bits per heavy atom. The summed E-state index contributed by atoms with van der Waals surface area (Å²) in [5, 5.41) is 10.6. The molecule has 0 aromatic carbocycles. The largest absolute Gasteiger partial charge is 0.453 e. The van der Waals surface area contributed by atoms with Crippen molar-refractivity contribution in [3.05, 3.63) is 0 Å². The Labute approximate surface area is 130 Å². The molecule has 0 radical (unpaired) electrons. The molecule has 9 heteroatoms. The number of ether oxygens (including phenoxy) is 2. The molecule has 22 heavy (non-hydrogen) atoms. The van der Waals surface area contributed by atoms with E-state index in [1.54, 1.807) is 0 Å². The minimum absolute atomic E-state index is 0.221. The van der Waals surface area contributed by atoms with E-state index >= 15 is 0 Å². The number of amides is 4. The van der Waals surface area contributed by atoms with Crippen molar-refractivity contribution < 1.29 is 23.9 Å². The van der Waals surface area contributed by atoms with Crippen LogP contribution in [0.3, 0.4) is 0 Å². The van der Waals surface area contributed by atoms with Crippen molar-refractivity contribution in [2.75, 3.05) is 40.4 Å². The number of rotatable bonds is 10. The van der Waals surface area contributed by atoms with Gasteiger partial charge in [-0.15, -0.1) is 0 Å². The number of hydrogen-bond donors (Lipinski definition) is 4. The number of urea groups is 1. The third-order valence-electron chi connectivity index (χ3n) is 2.69. The highest BCUT2D eigenvalue weighted by Crippen LogP contribution is 1.87. The molecule has 0 unspecified atom stereocenters. The van der Waals surface area contributed by atoms with Crippen LogP contribution in [0.5, 0.6) is 0 Å². The summed E-state index contributed by atoms with van der Waals surface area (Å²) in [5.74, 6) is 0. The van der Waals surface area contributed by atoms with Crippen LogP contribution in [-0.2, 0) is 9.47 Å². The van der Waals surface area contributed by atoms with Gasteiger partial charge in [-0.2, -0.15) is 0 Å². The number of carbonyl (C=O) groups excluding carboxylic acids is 3. The molecule has 0 heterocycles. The van der Waals surface area contributed by atoms with Crippen LogP contribution in [0.4, 0.5) is 14.4 Å². The lowest BCUT2D eigenvalue weighted by Crippen LogP contribution is -2.37. The van der Waals surface area contributed by atoms with E-state index in [2.05, 4.69) is 30.7 Å². The number of hydrogen-bond acceptors (Lipinski definition) is 5. The lowest BCUT2D eigenvalue weighted by Gasteiger charge is -2.08. The lowest BCUT2D eigenvalue weighted by atomic mass is 10.3. The van der Waals surface area contributed by atoms with Crippen LogP contribution in [0.25, 0.3) is 0 Å². The standard InChI is InChI=1S/C13H26N4O5/c1-21-12(19)16-9-5-3-7-14-11(18)15-8-4-6-10-17-13(20)22-2/h3-10H2,1-2H3,(H,16,19)(H,17,20)(H2,14,15,18). The van der Waals surface area contributed by atoms with Crippen molar-refractivity contribution in [3.63, 3.8) is 0 Å². The zero-order chi connectivity index (χ0) is 16.6. The van der Waals surface area contributed by atoms with Crippen molar-refractivity contribution in [3.8, 4) is 0 Å². The molecule has 0 atom stereocenters. The van der Waals surface area contributed by atoms with Crippen LogP contribution < -0.4 is 21.3 Å². The molecule has 0 saturated heterocycles. The van der Waals surface area contributed by atoms with Gasteiger partial charge in [0, 0.05) is 26.2 Å². The van der Waals surface area contributed by atoms with Gasteiger partial charge in [-0.1, -0.05) is 0 Å². The summed E-state index contributed by atoms with van der Waals surface area (Å²) in [6.45, 7) is 2.11. The van der Waals surface area contributed by atoms with Crippen LogP contribution in [0, 0.1) is 0 Å². The second-order valence-corrected chi connectivity index (χ2v) is 4.43. The Kier molecular flexibility index (Phi) is 12.4. The minimum Gasteiger partial charge on any atom is -0.453 e. The van der Waals surface area contributed by atoms with E-state index in [-0.39, 0.29) is 6.03 Å². The van der Waals surface area contributed by atoms with Gasteiger partial charge in [0.2, 0.25) is 0 Å². The van der Waals surface area contributed by atoms with Crippen LogP contribution in [0.1, 0.15) is 25.7 Å². The van der Waals surface area contributed by atoms with Crippen LogP contribution >= 0.6 is 0 Å². The predicted octanol–water partition coefficient (Wildman–Crippen LogP) is 0.558. The monoisotopic (exact) mass is 318 g/mol. The van der Waals surface area contributed by atoms with Gasteiger partial charge >= 0.3 is 18.2 Å². The van der Waals surface area contributed by atoms with Crippen LogP contribution in [0.2, 0.25) is 0 Å². The van der Waals surface area contributed by atoms with Crippen molar-refractivity contribution in [1.82, 2.24) is 21.3 Å². The summed E-state index contributed by atoms with van der Waals surface area (Å²) in [6, 6.07) is -0.221. The quantitative estimate of drug-likeness (QED) is 0.439. The maximum atomic E-state index is 11.4. The first-order valence-corrected chi connectivity index (χ1v) is 7.25. The summed E-state index contributed by atoms with van der Waals surface area (Å²) in [5.41, 5.74) is 0. The van der Waals surface area contributed by atoms with Crippen molar-refractivity contribution in [1.29, 1.82) is 0 Å². The van der Waals surface area contributed by atoms with Gasteiger partial charge < -0.3 is 30.7 Å². The van der Waals surface area contributed by atoms with E-state index in [0.29, 0.717) is 26.2 Å². The number of carbonyl (C=O) groups is 3. The average molecular weight is 318 g/mol. The van der Waals surface area contributed by atoms with E-state index < -0.39 is 12.2 Å². The second-order valence-electron chi connectivity index (χ2n) is 4.43. The Morgan fingerprint density at radius 1 is 0.636 bits per heavy atom. The molecule has 0 aliphatic carbocycles. The Morgan fingerprint density at radius 3 is 1.27 bits per heavy atom. The molecule has 4 N–H and O–H groups in total. The molecule has 0 fully saturated rings. The van der Waals surface area contributed by atoms with Crippen molar-refractivity contribution in [2.45, 2.75) is 25.7 Å². The van der Waals surface area contributed by atoms with Crippen molar-refractivity contribution >= 4 is 18.2 Å². The van der Waals surface area contributed by atoms with Crippen molar-refractivity contribution in [2.24, 2.45) is 0 Å². The molecule has 0 bridgehead atoms. The first-order valence-electron chi connectivity index (χ1n) is 7.25. The number of nitrogens with one attached hydrogen (secondary N) is 4. The number of alkyl carbamates (subject to hydrolysis) is 2. The molecular weight excluding hydrogens is 292 g/mol. The molecule has 0 aliphatic heterocycles. The third kappa shape index (κ3) is 12.8. The summed E-state index contributed by atoms with van der Waals surface area (Å²) >= 11 is 0. The fourth-order valence-corrected chi connectivity index (χ4v) is 1.49. The van der Waals surface area contributed by atoms with Gasteiger partial charge in [-0.25, -0.2) is 14.4 Å². The predicted molar refractivity (Wildman–Crippen MR) is 80.7 cm³/mol. The first-order chi connectivity index (χ1) is 10.6. The Hall–Kier alpha value is -2.19. The third-order valence-corrected chi connectivity index (χ3v) is 2.69. The molecule has 0 spiro atoms. The van der Waals surface area contributed by atoms with Crippen LogP contribution in [-0.4, -0.2) is 58.6 Å². The van der Waals surface area contributed by atoms with Gasteiger partial charge in [0.25, 0.3) is 0 Å². The smallest absolute Gasteiger partial charge is 0.406 e.